The first-order valence-corrected chi connectivity index (χ1v) is 7.25. The fourth-order valence-corrected chi connectivity index (χ4v) is 2.98. The van der Waals surface area contributed by atoms with Crippen molar-refractivity contribution in [2.75, 3.05) is 6.54 Å². The van der Waals surface area contributed by atoms with Crippen molar-refractivity contribution in [3.8, 4) is 0 Å². The smallest absolute Gasteiger partial charge is 0.0647 e. The Bertz CT molecular complexity index is 591. The van der Waals surface area contributed by atoms with E-state index in [4.69, 9.17) is 0 Å². The zero-order valence-electron chi connectivity index (χ0n) is 13.4. The minimum atomic E-state index is 0.215. The highest BCUT2D eigenvalue weighted by atomic mass is 15.3. The second kappa shape index (κ2) is 5.80. The van der Waals surface area contributed by atoms with E-state index in [-0.39, 0.29) is 6.04 Å². The number of rotatable bonds is 4. The summed E-state index contributed by atoms with van der Waals surface area (Å²) in [6.07, 6.45) is 0. The van der Waals surface area contributed by atoms with Crippen LogP contribution in [0.5, 0.6) is 0 Å². The van der Waals surface area contributed by atoms with Crippen LogP contribution >= 0.6 is 0 Å². The molecule has 0 fully saturated rings. The summed E-state index contributed by atoms with van der Waals surface area (Å²) in [6, 6.07) is 6.97. The molecule has 0 bridgehead atoms. The zero-order chi connectivity index (χ0) is 14.9. The summed E-state index contributed by atoms with van der Waals surface area (Å²) in [4.78, 5) is 0. The van der Waals surface area contributed by atoms with Crippen LogP contribution in [0.4, 0.5) is 0 Å². The molecule has 1 unspecified atom stereocenters. The SMILES string of the molecule is CCNC(c1cc(C)cc(C)c1)c1c(C)nn(C)c1C. The molecule has 1 atom stereocenters. The third-order valence-electron chi connectivity index (χ3n) is 3.84. The van der Waals surface area contributed by atoms with Gasteiger partial charge in [0.2, 0.25) is 0 Å². The Morgan fingerprint density at radius 3 is 2.15 bits per heavy atom. The highest BCUT2D eigenvalue weighted by Gasteiger charge is 2.21. The van der Waals surface area contributed by atoms with Crippen LogP contribution in [0.15, 0.2) is 18.2 Å². The van der Waals surface area contributed by atoms with E-state index in [0.717, 1.165) is 12.2 Å². The maximum atomic E-state index is 4.56. The van der Waals surface area contributed by atoms with Gasteiger partial charge in [-0.05, 0) is 39.8 Å². The highest BCUT2D eigenvalue weighted by molar-refractivity contribution is 5.40. The molecular weight excluding hydrogens is 246 g/mol. The summed E-state index contributed by atoms with van der Waals surface area (Å²) >= 11 is 0. The van der Waals surface area contributed by atoms with Gasteiger partial charge in [-0.25, -0.2) is 0 Å². The molecule has 0 radical (unpaired) electrons. The minimum absolute atomic E-state index is 0.215. The van der Waals surface area contributed by atoms with Crippen LogP contribution in [0.1, 0.15) is 46.6 Å². The van der Waals surface area contributed by atoms with E-state index >= 15 is 0 Å². The number of aromatic nitrogens is 2. The van der Waals surface area contributed by atoms with Crippen LogP contribution in [0.2, 0.25) is 0 Å². The molecule has 3 nitrogen and oxygen atoms in total. The molecule has 0 aliphatic rings. The first-order chi connectivity index (χ1) is 9.43. The Kier molecular flexibility index (Phi) is 4.29. The van der Waals surface area contributed by atoms with Crippen molar-refractivity contribution in [2.45, 2.75) is 40.7 Å². The summed E-state index contributed by atoms with van der Waals surface area (Å²) in [6.45, 7) is 11.6. The summed E-state index contributed by atoms with van der Waals surface area (Å²) < 4.78 is 1.97. The second-order valence-corrected chi connectivity index (χ2v) is 5.62. The van der Waals surface area contributed by atoms with Crippen LogP contribution in [0.3, 0.4) is 0 Å². The van der Waals surface area contributed by atoms with Gasteiger partial charge in [-0.3, -0.25) is 4.68 Å². The summed E-state index contributed by atoms with van der Waals surface area (Å²) in [5.74, 6) is 0. The molecule has 0 amide bonds. The fourth-order valence-electron chi connectivity index (χ4n) is 2.98. The summed E-state index contributed by atoms with van der Waals surface area (Å²) in [7, 11) is 2.01. The van der Waals surface area contributed by atoms with Crippen LogP contribution in [0, 0.1) is 27.7 Å². The number of hydrogen-bond donors (Lipinski definition) is 1. The van der Waals surface area contributed by atoms with Gasteiger partial charge in [-0.1, -0.05) is 36.2 Å². The van der Waals surface area contributed by atoms with E-state index < -0.39 is 0 Å². The number of hydrogen-bond acceptors (Lipinski definition) is 2. The average Bonchev–Trinajstić information content (AvgIpc) is 2.60. The third-order valence-corrected chi connectivity index (χ3v) is 3.84. The van der Waals surface area contributed by atoms with Crippen molar-refractivity contribution in [3.63, 3.8) is 0 Å². The fraction of sp³-hybridized carbons (Fsp3) is 0.471. The number of benzene rings is 1. The van der Waals surface area contributed by atoms with Crippen LogP contribution < -0.4 is 5.32 Å². The molecule has 2 rings (SSSR count). The molecule has 0 saturated carbocycles. The standard InChI is InChI=1S/C17H25N3/c1-7-18-17(15-9-11(2)8-12(3)10-15)16-13(4)19-20(6)14(16)5/h8-10,17-18H,7H2,1-6H3. The Hall–Kier alpha value is -1.61. The van der Waals surface area contributed by atoms with E-state index in [9.17, 15) is 0 Å². The van der Waals surface area contributed by atoms with Crippen molar-refractivity contribution >= 4 is 0 Å². The van der Waals surface area contributed by atoms with Crippen molar-refractivity contribution in [1.82, 2.24) is 15.1 Å². The monoisotopic (exact) mass is 271 g/mol. The summed E-state index contributed by atoms with van der Waals surface area (Å²) in [5.41, 5.74) is 7.58. The van der Waals surface area contributed by atoms with Crippen molar-refractivity contribution in [3.05, 3.63) is 51.8 Å². The van der Waals surface area contributed by atoms with Gasteiger partial charge in [-0.2, -0.15) is 5.10 Å². The lowest BCUT2D eigenvalue weighted by Crippen LogP contribution is -2.23. The second-order valence-electron chi connectivity index (χ2n) is 5.62. The van der Waals surface area contributed by atoms with Crippen molar-refractivity contribution in [1.29, 1.82) is 0 Å². The lowest BCUT2D eigenvalue weighted by molar-refractivity contribution is 0.622. The molecule has 1 aromatic carbocycles. The molecule has 1 heterocycles. The number of nitrogens with one attached hydrogen (secondary N) is 1. The van der Waals surface area contributed by atoms with Crippen LogP contribution in [-0.4, -0.2) is 16.3 Å². The van der Waals surface area contributed by atoms with E-state index in [1.165, 1.54) is 27.9 Å². The molecule has 1 N–H and O–H groups in total. The van der Waals surface area contributed by atoms with Crippen LogP contribution in [-0.2, 0) is 7.05 Å². The molecule has 0 spiro atoms. The van der Waals surface area contributed by atoms with Gasteiger partial charge < -0.3 is 5.32 Å². The van der Waals surface area contributed by atoms with Crippen LogP contribution in [0.25, 0.3) is 0 Å². The van der Waals surface area contributed by atoms with Gasteiger partial charge in [0.05, 0.1) is 11.7 Å². The summed E-state index contributed by atoms with van der Waals surface area (Å²) in [5, 5.41) is 8.17. The van der Waals surface area contributed by atoms with E-state index in [2.05, 4.69) is 63.2 Å². The Morgan fingerprint density at radius 2 is 1.70 bits per heavy atom. The Labute approximate surface area is 122 Å². The molecule has 2 aromatic rings. The van der Waals surface area contributed by atoms with E-state index in [1.54, 1.807) is 0 Å². The molecular formula is C17H25N3. The molecule has 108 valence electrons. The molecule has 3 heteroatoms. The molecule has 0 saturated heterocycles. The number of nitrogens with zero attached hydrogens (tertiary/aromatic N) is 2. The third kappa shape index (κ3) is 2.78. The largest absolute Gasteiger partial charge is 0.306 e. The lowest BCUT2D eigenvalue weighted by Gasteiger charge is -2.20. The van der Waals surface area contributed by atoms with Gasteiger partial charge in [0, 0.05) is 18.3 Å². The van der Waals surface area contributed by atoms with E-state index in [0.29, 0.717) is 0 Å². The topological polar surface area (TPSA) is 29.9 Å². The molecule has 0 aliphatic carbocycles. The maximum Gasteiger partial charge on any atom is 0.0647 e. The lowest BCUT2D eigenvalue weighted by atomic mass is 9.94. The van der Waals surface area contributed by atoms with E-state index in [1.807, 2.05) is 11.7 Å². The molecule has 1 aromatic heterocycles. The van der Waals surface area contributed by atoms with Gasteiger partial charge >= 0.3 is 0 Å². The predicted molar refractivity (Wildman–Crippen MR) is 84.1 cm³/mol. The first kappa shape index (κ1) is 14.8. The molecule has 20 heavy (non-hydrogen) atoms. The maximum absolute atomic E-state index is 4.56. The Balaban J connectivity index is 2.55. The van der Waals surface area contributed by atoms with Gasteiger partial charge in [0.15, 0.2) is 0 Å². The molecule has 0 aliphatic heterocycles. The van der Waals surface area contributed by atoms with Gasteiger partial charge in [-0.15, -0.1) is 0 Å². The number of aryl methyl sites for hydroxylation is 4. The zero-order valence-corrected chi connectivity index (χ0v) is 13.4. The normalized spacial score (nSPS) is 12.7. The van der Waals surface area contributed by atoms with Crippen molar-refractivity contribution < 1.29 is 0 Å². The van der Waals surface area contributed by atoms with Gasteiger partial charge in [0.1, 0.15) is 0 Å². The van der Waals surface area contributed by atoms with Crippen molar-refractivity contribution in [2.24, 2.45) is 7.05 Å². The highest BCUT2D eigenvalue weighted by Crippen LogP contribution is 2.28. The minimum Gasteiger partial charge on any atom is -0.306 e. The predicted octanol–water partition coefficient (Wildman–Crippen LogP) is 3.35. The van der Waals surface area contributed by atoms with Gasteiger partial charge in [0.25, 0.3) is 0 Å². The average molecular weight is 271 g/mol. The first-order valence-electron chi connectivity index (χ1n) is 7.25. The quantitative estimate of drug-likeness (QED) is 0.924. The Morgan fingerprint density at radius 1 is 1.10 bits per heavy atom.